The van der Waals surface area contributed by atoms with E-state index in [1.807, 2.05) is 0 Å². The molecule has 1 heterocycles. The monoisotopic (exact) mass is 292 g/mol. The van der Waals surface area contributed by atoms with E-state index < -0.39 is 5.82 Å². The Labute approximate surface area is 119 Å². The van der Waals surface area contributed by atoms with E-state index in [1.165, 1.54) is 0 Å². The van der Waals surface area contributed by atoms with Crippen molar-refractivity contribution in [2.24, 2.45) is 0 Å². The van der Waals surface area contributed by atoms with Gasteiger partial charge >= 0.3 is 0 Å². The van der Waals surface area contributed by atoms with Crippen LogP contribution in [0.3, 0.4) is 0 Å². The first-order valence-corrected chi connectivity index (χ1v) is 5.95. The van der Waals surface area contributed by atoms with Crippen LogP contribution in [0, 0.1) is 5.82 Å². The van der Waals surface area contributed by atoms with E-state index >= 15 is 0 Å². The number of carbonyl (C=O) groups excluding carboxylic acids is 1. The Morgan fingerprint density at radius 2 is 2.05 bits per heavy atom. The smallest absolute Gasteiger partial charge is 0.247 e. The summed E-state index contributed by atoms with van der Waals surface area (Å²) < 4.78 is 13.6. The summed E-state index contributed by atoms with van der Waals surface area (Å²) in [5.41, 5.74) is 0.933. The summed E-state index contributed by atoms with van der Waals surface area (Å²) in [5, 5.41) is 5.27. The Hall–Kier alpha value is -2.47. The van der Waals surface area contributed by atoms with E-state index in [9.17, 15) is 9.18 Å². The topological polar surface area (TPSA) is 66.9 Å². The summed E-state index contributed by atoms with van der Waals surface area (Å²) >= 11 is 5.62. The second kappa shape index (κ2) is 6.12. The van der Waals surface area contributed by atoms with Crippen molar-refractivity contribution in [3.63, 3.8) is 0 Å². The molecule has 5 nitrogen and oxygen atoms in total. The van der Waals surface area contributed by atoms with E-state index in [0.717, 1.165) is 12.3 Å². The Kier molecular flexibility index (Phi) is 4.27. The van der Waals surface area contributed by atoms with Crippen LogP contribution in [0.15, 0.2) is 43.1 Å². The minimum atomic E-state index is -0.653. The van der Waals surface area contributed by atoms with Crippen LogP contribution in [0.4, 0.5) is 21.6 Å². The highest BCUT2D eigenvalue weighted by atomic mass is 35.5. The second-order valence-electron chi connectivity index (χ2n) is 3.70. The number of halogens is 2. The van der Waals surface area contributed by atoms with Crippen molar-refractivity contribution in [2.45, 2.75) is 0 Å². The Balaban J connectivity index is 2.31. The Bertz CT molecular complexity index is 663. The molecule has 0 aliphatic heterocycles. The molecule has 7 heteroatoms. The molecule has 1 aromatic carbocycles. The first-order valence-electron chi connectivity index (χ1n) is 5.57. The second-order valence-corrected chi connectivity index (χ2v) is 4.04. The van der Waals surface area contributed by atoms with E-state index in [-0.39, 0.29) is 17.0 Å². The van der Waals surface area contributed by atoms with Gasteiger partial charge in [-0.3, -0.25) is 4.79 Å². The summed E-state index contributed by atoms with van der Waals surface area (Å²) in [6.07, 6.45) is 2.10. The van der Waals surface area contributed by atoms with Crippen molar-refractivity contribution in [2.75, 3.05) is 10.6 Å². The van der Waals surface area contributed by atoms with Gasteiger partial charge in [-0.15, -0.1) is 0 Å². The largest absolute Gasteiger partial charge is 0.336 e. The van der Waals surface area contributed by atoms with Crippen molar-refractivity contribution in [3.05, 3.63) is 54.2 Å². The molecule has 102 valence electrons. The predicted octanol–water partition coefficient (Wildman–Crippen LogP) is 3.14. The molecule has 0 unspecified atom stereocenters. The molecular weight excluding hydrogens is 283 g/mol. The number of aromatic nitrogens is 2. The van der Waals surface area contributed by atoms with Crippen molar-refractivity contribution in [1.29, 1.82) is 0 Å². The number of nitrogens with zero attached hydrogens (tertiary/aromatic N) is 2. The molecule has 1 aromatic heterocycles. The van der Waals surface area contributed by atoms with Gasteiger partial charge in [0.05, 0.1) is 17.6 Å². The minimum Gasteiger partial charge on any atom is -0.336 e. The molecule has 20 heavy (non-hydrogen) atoms. The predicted molar refractivity (Wildman–Crippen MR) is 75.6 cm³/mol. The lowest BCUT2D eigenvalue weighted by Crippen LogP contribution is -2.09. The highest BCUT2D eigenvalue weighted by molar-refractivity contribution is 6.28. The fourth-order valence-electron chi connectivity index (χ4n) is 1.45. The Morgan fingerprint density at radius 3 is 2.75 bits per heavy atom. The number of anilines is 3. The van der Waals surface area contributed by atoms with Gasteiger partial charge in [-0.25, -0.2) is 9.37 Å². The molecule has 2 aromatic rings. The third-order valence-corrected chi connectivity index (χ3v) is 2.52. The Morgan fingerprint density at radius 1 is 1.35 bits per heavy atom. The number of hydrogen-bond acceptors (Lipinski definition) is 4. The number of amides is 1. The van der Waals surface area contributed by atoms with Crippen molar-refractivity contribution < 1.29 is 9.18 Å². The van der Waals surface area contributed by atoms with Gasteiger partial charge in [-0.05, 0) is 29.8 Å². The molecule has 0 fully saturated rings. The van der Waals surface area contributed by atoms with Gasteiger partial charge in [0.25, 0.3) is 0 Å². The maximum atomic E-state index is 13.6. The molecule has 0 saturated carbocycles. The van der Waals surface area contributed by atoms with Gasteiger partial charge < -0.3 is 10.6 Å². The van der Waals surface area contributed by atoms with Gasteiger partial charge in [0.15, 0.2) is 11.6 Å². The molecule has 2 rings (SSSR count). The number of nitrogens with one attached hydrogen (secondary N) is 2. The van der Waals surface area contributed by atoms with Crippen LogP contribution in [-0.2, 0) is 4.79 Å². The van der Waals surface area contributed by atoms with E-state index in [4.69, 9.17) is 11.6 Å². The summed E-state index contributed by atoms with van der Waals surface area (Å²) in [6, 6.07) is 6.78. The maximum Gasteiger partial charge on any atom is 0.247 e. The maximum absolute atomic E-state index is 13.6. The van der Waals surface area contributed by atoms with Crippen molar-refractivity contribution >= 4 is 34.7 Å². The number of benzene rings is 1. The van der Waals surface area contributed by atoms with Gasteiger partial charge in [-0.2, -0.15) is 4.98 Å². The molecule has 2 N–H and O–H groups in total. The number of para-hydroxylation sites is 2. The fraction of sp³-hybridized carbons (Fsp3) is 0. The molecule has 0 aliphatic rings. The fourth-order valence-corrected chi connectivity index (χ4v) is 1.58. The van der Waals surface area contributed by atoms with Crippen molar-refractivity contribution in [3.8, 4) is 0 Å². The first-order chi connectivity index (χ1) is 9.60. The number of rotatable bonds is 4. The van der Waals surface area contributed by atoms with Crippen LogP contribution in [0.1, 0.15) is 0 Å². The summed E-state index contributed by atoms with van der Waals surface area (Å²) in [6.45, 7) is 3.37. The zero-order chi connectivity index (χ0) is 14.5. The van der Waals surface area contributed by atoms with Gasteiger partial charge in [0.2, 0.25) is 11.2 Å². The molecule has 0 radical (unpaired) electrons. The van der Waals surface area contributed by atoms with E-state index in [2.05, 4.69) is 27.2 Å². The zero-order valence-electron chi connectivity index (χ0n) is 10.2. The van der Waals surface area contributed by atoms with Gasteiger partial charge in [0, 0.05) is 0 Å². The minimum absolute atomic E-state index is 0.0784. The van der Waals surface area contributed by atoms with Crippen LogP contribution in [0.2, 0.25) is 5.28 Å². The molecule has 0 spiro atoms. The average molecular weight is 293 g/mol. The third-order valence-electron chi connectivity index (χ3n) is 2.34. The molecule has 0 bridgehead atoms. The SMILES string of the molecule is C=CC(=O)Nc1ccccc1Nc1nc(Cl)ncc1F. The van der Waals surface area contributed by atoms with Crippen LogP contribution in [-0.4, -0.2) is 15.9 Å². The summed E-state index contributed by atoms with van der Waals surface area (Å²) in [4.78, 5) is 18.6. The normalized spacial score (nSPS) is 9.90. The third kappa shape index (κ3) is 3.30. The lowest BCUT2D eigenvalue weighted by atomic mass is 10.2. The standard InChI is InChI=1S/C13H10ClFN4O/c1-2-11(20)17-9-5-3-4-6-10(9)18-12-8(15)7-16-13(14)19-12/h2-7H,1H2,(H,17,20)(H,16,18,19). The van der Waals surface area contributed by atoms with Gasteiger partial charge in [0.1, 0.15) is 0 Å². The average Bonchev–Trinajstić information content (AvgIpc) is 2.44. The van der Waals surface area contributed by atoms with Crippen LogP contribution in [0.5, 0.6) is 0 Å². The quantitative estimate of drug-likeness (QED) is 0.671. The van der Waals surface area contributed by atoms with E-state index in [1.54, 1.807) is 24.3 Å². The van der Waals surface area contributed by atoms with Crippen LogP contribution >= 0.6 is 11.6 Å². The molecule has 0 aliphatic carbocycles. The lowest BCUT2D eigenvalue weighted by molar-refractivity contribution is -0.111. The highest BCUT2D eigenvalue weighted by Crippen LogP contribution is 2.25. The van der Waals surface area contributed by atoms with Crippen LogP contribution in [0.25, 0.3) is 0 Å². The first kappa shape index (κ1) is 14.0. The molecule has 0 atom stereocenters. The van der Waals surface area contributed by atoms with Crippen LogP contribution < -0.4 is 10.6 Å². The molecular formula is C13H10ClFN4O. The van der Waals surface area contributed by atoms with Gasteiger partial charge in [-0.1, -0.05) is 18.7 Å². The number of carbonyl (C=O) groups is 1. The van der Waals surface area contributed by atoms with E-state index in [0.29, 0.717) is 11.4 Å². The summed E-state index contributed by atoms with van der Waals surface area (Å²) in [7, 11) is 0. The zero-order valence-corrected chi connectivity index (χ0v) is 11.0. The highest BCUT2D eigenvalue weighted by Gasteiger charge is 2.09. The summed E-state index contributed by atoms with van der Waals surface area (Å²) in [5.74, 6) is -1.11. The molecule has 0 saturated heterocycles. The lowest BCUT2D eigenvalue weighted by Gasteiger charge is -2.12. The number of hydrogen-bond donors (Lipinski definition) is 2. The van der Waals surface area contributed by atoms with Crippen molar-refractivity contribution in [1.82, 2.24) is 9.97 Å². The molecule has 1 amide bonds.